The van der Waals surface area contributed by atoms with Gasteiger partial charge >= 0.3 is 5.97 Å². The SMILES string of the molecule is COC(=O)c1ccc(S(=O)(=O)N(C)c2ccc(C)cc2)o1. The first-order valence-corrected chi connectivity index (χ1v) is 7.54. The summed E-state index contributed by atoms with van der Waals surface area (Å²) in [6.07, 6.45) is 0. The average Bonchev–Trinajstić information content (AvgIpc) is 2.97. The predicted molar refractivity (Wildman–Crippen MR) is 76.8 cm³/mol. The minimum atomic E-state index is -3.87. The number of rotatable bonds is 4. The third kappa shape index (κ3) is 2.92. The zero-order chi connectivity index (χ0) is 15.6. The van der Waals surface area contributed by atoms with Gasteiger partial charge in [-0.1, -0.05) is 17.7 Å². The van der Waals surface area contributed by atoms with Crippen LogP contribution < -0.4 is 4.31 Å². The van der Waals surface area contributed by atoms with Crippen LogP contribution >= 0.6 is 0 Å². The van der Waals surface area contributed by atoms with Gasteiger partial charge in [0.05, 0.1) is 12.8 Å². The maximum atomic E-state index is 12.4. The highest BCUT2D eigenvalue weighted by Crippen LogP contribution is 2.24. The molecule has 0 aliphatic rings. The van der Waals surface area contributed by atoms with E-state index in [1.165, 1.54) is 26.3 Å². The fourth-order valence-electron chi connectivity index (χ4n) is 1.70. The summed E-state index contributed by atoms with van der Waals surface area (Å²) in [5, 5.41) is -0.314. The number of aryl methyl sites for hydroxylation is 1. The van der Waals surface area contributed by atoms with Crippen molar-refractivity contribution < 1.29 is 22.4 Å². The average molecular weight is 309 g/mol. The fourth-order valence-corrected chi connectivity index (χ4v) is 2.80. The highest BCUT2D eigenvalue weighted by atomic mass is 32.2. The molecular formula is C14H15NO5S. The van der Waals surface area contributed by atoms with Gasteiger partial charge in [0.2, 0.25) is 10.9 Å². The number of sulfonamides is 1. The molecule has 0 spiro atoms. The number of hydrogen-bond donors (Lipinski definition) is 0. The number of benzene rings is 1. The van der Waals surface area contributed by atoms with E-state index in [2.05, 4.69) is 4.74 Å². The van der Waals surface area contributed by atoms with Crippen molar-refractivity contribution in [1.29, 1.82) is 0 Å². The molecule has 0 N–H and O–H groups in total. The van der Waals surface area contributed by atoms with Crippen molar-refractivity contribution in [3.8, 4) is 0 Å². The third-order valence-electron chi connectivity index (χ3n) is 2.98. The molecule has 0 atom stereocenters. The molecule has 0 amide bonds. The molecule has 7 heteroatoms. The molecule has 6 nitrogen and oxygen atoms in total. The molecule has 0 aliphatic heterocycles. The Labute approximate surface area is 123 Å². The number of carbonyl (C=O) groups excluding carboxylic acids is 1. The van der Waals surface area contributed by atoms with Crippen molar-refractivity contribution in [3.05, 3.63) is 47.7 Å². The van der Waals surface area contributed by atoms with Crippen molar-refractivity contribution in [1.82, 2.24) is 0 Å². The lowest BCUT2D eigenvalue weighted by Crippen LogP contribution is -2.26. The summed E-state index contributed by atoms with van der Waals surface area (Å²) >= 11 is 0. The van der Waals surface area contributed by atoms with E-state index in [1.54, 1.807) is 12.1 Å². The van der Waals surface area contributed by atoms with Gasteiger partial charge in [0, 0.05) is 7.05 Å². The van der Waals surface area contributed by atoms with E-state index in [0.29, 0.717) is 5.69 Å². The first-order valence-electron chi connectivity index (χ1n) is 6.10. The Morgan fingerprint density at radius 3 is 2.33 bits per heavy atom. The van der Waals surface area contributed by atoms with Crippen LogP contribution in [0.25, 0.3) is 0 Å². The van der Waals surface area contributed by atoms with Gasteiger partial charge in [-0.15, -0.1) is 0 Å². The maximum Gasteiger partial charge on any atom is 0.374 e. The van der Waals surface area contributed by atoms with Gasteiger partial charge in [-0.3, -0.25) is 4.31 Å². The van der Waals surface area contributed by atoms with Gasteiger partial charge in [0.25, 0.3) is 10.0 Å². The summed E-state index contributed by atoms with van der Waals surface area (Å²) in [6, 6.07) is 9.49. The van der Waals surface area contributed by atoms with Crippen molar-refractivity contribution in [2.24, 2.45) is 0 Å². The minimum Gasteiger partial charge on any atom is -0.463 e. The normalized spacial score (nSPS) is 11.2. The van der Waals surface area contributed by atoms with E-state index < -0.39 is 16.0 Å². The minimum absolute atomic E-state index is 0.159. The van der Waals surface area contributed by atoms with Gasteiger partial charge in [-0.2, -0.15) is 8.42 Å². The van der Waals surface area contributed by atoms with Crippen LogP contribution in [0.5, 0.6) is 0 Å². The van der Waals surface area contributed by atoms with Crippen molar-refractivity contribution in [2.45, 2.75) is 12.0 Å². The number of hydrogen-bond acceptors (Lipinski definition) is 5. The largest absolute Gasteiger partial charge is 0.463 e. The van der Waals surface area contributed by atoms with Gasteiger partial charge in [-0.25, -0.2) is 4.79 Å². The summed E-state index contributed by atoms with van der Waals surface area (Å²) in [6.45, 7) is 1.91. The highest BCUT2D eigenvalue weighted by Gasteiger charge is 2.26. The summed E-state index contributed by atoms with van der Waals surface area (Å²) < 4.78 is 35.5. The van der Waals surface area contributed by atoms with E-state index in [4.69, 9.17) is 4.42 Å². The van der Waals surface area contributed by atoms with Crippen LogP contribution in [0.3, 0.4) is 0 Å². The Balaban J connectivity index is 2.35. The second kappa shape index (κ2) is 5.61. The topological polar surface area (TPSA) is 76.8 Å². The van der Waals surface area contributed by atoms with Crippen LogP contribution in [0.1, 0.15) is 16.1 Å². The van der Waals surface area contributed by atoms with Gasteiger partial charge in [0.15, 0.2) is 0 Å². The number of esters is 1. The number of furan rings is 1. The molecule has 1 aromatic heterocycles. The number of ether oxygens (including phenoxy) is 1. The summed E-state index contributed by atoms with van der Waals surface area (Å²) in [7, 11) is -1.26. The molecule has 112 valence electrons. The Kier molecular flexibility index (Phi) is 4.04. The van der Waals surface area contributed by atoms with E-state index in [1.807, 2.05) is 19.1 Å². The van der Waals surface area contributed by atoms with Gasteiger partial charge < -0.3 is 9.15 Å². The van der Waals surface area contributed by atoms with E-state index >= 15 is 0 Å². The summed E-state index contributed by atoms with van der Waals surface area (Å²) in [5.74, 6) is -0.886. The Hall–Kier alpha value is -2.28. The molecule has 0 aliphatic carbocycles. The van der Waals surface area contributed by atoms with Crippen LogP contribution in [0.4, 0.5) is 5.69 Å². The van der Waals surface area contributed by atoms with Crippen LogP contribution in [0, 0.1) is 6.92 Å². The monoisotopic (exact) mass is 309 g/mol. The second-order valence-electron chi connectivity index (χ2n) is 4.42. The number of nitrogens with zero attached hydrogens (tertiary/aromatic N) is 1. The Morgan fingerprint density at radius 2 is 1.76 bits per heavy atom. The zero-order valence-electron chi connectivity index (χ0n) is 11.9. The van der Waals surface area contributed by atoms with Crippen molar-refractivity contribution >= 4 is 21.7 Å². The molecule has 21 heavy (non-hydrogen) atoms. The molecular weight excluding hydrogens is 294 g/mol. The van der Waals surface area contributed by atoms with Crippen LogP contribution in [0.15, 0.2) is 45.9 Å². The van der Waals surface area contributed by atoms with Crippen LogP contribution in [0.2, 0.25) is 0 Å². The third-order valence-corrected chi connectivity index (χ3v) is 4.64. The Morgan fingerprint density at radius 1 is 1.14 bits per heavy atom. The first kappa shape index (κ1) is 15.1. The van der Waals surface area contributed by atoms with Gasteiger partial charge in [-0.05, 0) is 31.2 Å². The molecule has 0 unspecified atom stereocenters. The smallest absolute Gasteiger partial charge is 0.374 e. The molecule has 0 fully saturated rings. The standard InChI is InChI=1S/C14H15NO5S/c1-10-4-6-11(7-5-10)15(2)21(17,18)13-9-8-12(20-13)14(16)19-3/h4-9H,1-3H3. The fraction of sp³-hybridized carbons (Fsp3) is 0.214. The molecule has 1 heterocycles. The van der Waals surface area contributed by atoms with Crippen LogP contribution in [-0.2, 0) is 14.8 Å². The lowest BCUT2D eigenvalue weighted by atomic mass is 10.2. The van der Waals surface area contributed by atoms with E-state index in [0.717, 1.165) is 9.87 Å². The number of carbonyl (C=O) groups is 1. The first-order chi connectivity index (χ1) is 9.86. The summed E-state index contributed by atoms with van der Waals surface area (Å²) in [4.78, 5) is 11.3. The quantitative estimate of drug-likeness (QED) is 0.809. The predicted octanol–water partition coefficient (Wildman–Crippen LogP) is 2.20. The Bertz CT molecular complexity index is 746. The maximum absolute atomic E-state index is 12.4. The van der Waals surface area contributed by atoms with Gasteiger partial charge in [0.1, 0.15) is 0 Å². The summed E-state index contributed by atoms with van der Waals surface area (Å²) in [5.41, 5.74) is 1.52. The molecule has 0 radical (unpaired) electrons. The van der Waals surface area contributed by atoms with E-state index in [-0.39, 0.29) is 10.9 Å². The molecule has 2 rings (SSSR count). The molecule has 2 aromatic rings. The van der Waals surface area contributed by atoms with Crippen molar-refractivity contribution in [2.75, 3.05) is 18.5 Å². The lowest BCUT2D eigenvalue weighted by molar-refractivity contribution is 0.0559. The van der Waals surface area contributed by atoms with Crippen molar-refractivity contribution in [3.63, 3.8) is 0 Å². The second-order valence-corrected chi connectivity index (χ2v) is 6.32. The molecule has 0 bridgehead atoms. The molecule has 0 saturated heterocycles. The zero-order valence-corrected chi connectivity index (χ0v) is 12.7. The molecule has 1 aromatic carbocycles. The van der Waals surface area contributed by atoms with Crippen LogP contribution in [-0.4, -0.2) is 28.5 Å². The molecule has 0 saturated carbocycles. The highest BCUT2D eigenvalue weighted by molar-refractivity contribution is 7.92. The number of methoxy groups -OCH3 is 1. The van der Waals surface area contributed by atoms with E-state index in [9.17, 15) is 13.2 Å². The lowest BCUT2D eigenvalue weighted by Gasteiger charge is -2.17. The number of anilines is 1.